The minimum absolute atomic E-state index is 0.286. The van der Waals surface area contributed by atoms with Crippen LogP contribution in [-0.2, 0) is 6.42 Å². The van der Waals surface area contributed by atoms with Gasteiger partial charge in [-0.05, 0) is 44.1 Å². The largest absolute Gasteiger partial charge is 0.387 e. The monoisotopic (exact) mass is 246 g/mol. The molecule has 1 aromatic rings. The SMILES string of the molecule is CN1CCCN(C2Cc3ccccc3C2O)CC1. The molecule has 2 atom stereocenters. The molecule has 1 aromatic carbocycles. The van der Waals surface area contributed by atoms with Gasteiger partial charge in [0, 0.05) is 19.1 Å². The Bertz CT molecular complexity index is 421. The van der Waals surface area contributed by atoms with Gasteiger partial charge in [0.15, 0.2) is 0 Å². The quantitative estimate of drug-likeness (QED) is 0.808. The maximum atomic E-state index is 10.5. The Morgan fingerprint density at radius 2 is 1.94 bits per heavy atom. The second-order valence-corrected chi connectivity index (χ2v) is 5.61. The zero-order chi connectivity index (χ0) is 12.5. The van der Waals surface area contributed by atoms with Gasteiger partial charge in [-0.1, -0.05) is 24.3 Å². The standard InChI is InChI=1S/C15H22N2O/c1-16-7-4-8-17(10-9-16)14-11-12-5-2-3-6-13(12)15(14)18/h2-3,5-6,14-15,18H,4,7-11H2,1H3. The molecule has 98 valence electrons. The highest BCUT2D eigenvalue weighted by Crippen LogP contribution is 2.34. The third kappa shape index (κ3) is 2.18. The molecule has 3 heteroatoms. The second-order valence-electron chi connectivity index (χ2n) is 5.61. The van der Waals surface area contributed by atoms with E-state index in [1.165, 1.54) is 18.5 Å². The van der Waals surface area contributed by atoms with E-state index >= 15 is 0 Å². The normalized spacial score (nSPS) is 30.1. The average molecular weight is 246 g/mol. The third-order valence-corrected chi connectivity index (χ3v) is 4.39. The van der Waals surface area contributed by atoms with Gasteiger partial charge >= 0.3 is 0 Å². The fourth-order valence-electron chi connectivity index (χ4n) is 3.28. The molecule has 18 heavy (non-hydrogen) atoms. The van der Waals surface area contributed by atoms with Gasteiger partial charge in [-0.25, -0.2) is 0 Å². The van der Waals surface area contributed by atoms with E-state index in [0.717, 1.165) is 31.6 Å². The molecule has 0 saturated carbocycles. The second kappa shape index (κ2) is 5.00. The van der Waals surface area contributed by atoms with Crippen molar-refractivity contribution in [2.45, 2.75) is 25.0 Å². The van der Waals surface area contributed by atoms with Crippen molar-refractivity contribution in [2.75, 3.05) is 33.2 Å². The summed E-state index contributed by atoms with van der Waals surface area (Å²) in [4.78, 5) is 4.86. The molecule has 0 amide bonds. The summed E-state index contributed by atoms with van der Waals surface area (Å²) in [6.07, 6.45) is 1.90. The molecule has 1 fully saturated rings. The molecule has 2 unspecified atom stereocenters. The zero-order valence-electron chi connectivity index (χ0n) is 11.0. The van der Waals surface area contributed by atoms with Crippen molar-refractivity contribution in [1.29, 1.82) is 0 Å². The van der Waals surface area contributed by atoms with Gasteiger partial charge in [0.05, 0.1) is 6.10 Å². The van der Waals surface area contributed by atoms with E-state index in [-0.39, 0.29) is 12.1 Å². The average Bonchev–Trinajstić information content (AvgIpc) is 2.57. The lowest BCUT2D eigenvalue weighted by Gasteiger charge is -2.29. The van der Waals surface area contributed by atoms with E-state index < -0.39 is 0 Å². The number of hydrogen-bond acceptors (Lipinski definition) is 3. The highest BCUT2D eigenvalue weighted by Gasteiger charge is 2.35. The van der Waals surface area contributed by atoms with Crippen LogP contribution < -0.4 is 0 Å². The first-order valence-electron chi connectivity index (χ1n) is 6.94. The van der Waals surface area contributed by atoms with Crippen LogP contribution >= 0.6 is 0 Å². The number of aliphatic hydroxyl groups excluding tert-OH is 1. The maximum Gasteiger partial charge on any atom is 0.0951 e. The van der Waals surface area contributed by atoms with Crippen molar-refractivity contribution < 1.29 is 5.11 Å². The molecular weight excluding hydrogens is 224 g/mol. The summed E-state index contributed by atoms with van der Waals surface area (Å²) in [5.41, 5.74) is 2.47. The minimum atomic E-state index is -0.301. The molecule has 0 spiro atoms. The van der Waals surface area contributed by atoms with Crippen molar-refractivity contribution in [3.8, 4) is 0 Å². The lowest BCUT2D eigenvalue weighted by Crippen LogP contribution is -2.40. The topological polar surface area (TPSA) is 26.7 Å². The first-order valence-corrected chi connectivity index (χ1v) is 6.94. The molecule has 0 bridgehead atoms. The first-order chi connectivity index (χ1) is 8.75. The van der Waals surface area contributed by atoms with Crippen LogP contribution in [0.25, 0.3) is 0 Å². The van der Waals surface area contributed by atoms with Gasteiger partial charge in [-0.2, -0.15) is 0 Å². The van der Waals surface area contributed by atoms with Crippen molar-refractivity contribution in [3.63, 3.8) is 0 Å². The number of hydrogen-bond donors (Lipinski definition) is 1. The number of fused-ring (bicyclic) bond motifs is 1. The lowest BCUT2D eigenvalue weighted by molar-refractivity contribution is 0.0631. The van der Waals surface area contributed by atoms with Crippen molar-refractivity contribution in [2.24, 2.45) is 0 Å². The highest BCUT2D eigenvalue weighted by molar-refractivity contribution is 5.35. The van der Waals surface area contributed by atoms with E-state index in [4.69, 9.17) is 0 Å². The van der Waals surface area contributed by atoms with E-state index in [1.54, 1.807) is 0 Å². The number of rotatable bonds is 1. The van der Waals surface area contributed by atoms with E-state index in [1.807, 2.05) is 6.07 Å². The molecular formula is C15H22N2O. The van der Waals surface area contributed by atoms with E-state index in [0.29, 0.717) is 0 Å². The number of likely N-dealkylation sites (N-methyl/N-ethyl adjacent to an activating group) is 1. The maximum absolute atomic E-state index is 10.5. The Morgan fingerprint density at radius 1 is 1.11 bits per heavy atom. The number of benzene rings is 1. The third-order valence-electron chi connectivity index (χ3n) is 4.39. The summed E-state index contributed by atoms with van der Waals surface area (Å²) >= 11 is 0. The molecule has 1 heterocycles. The van der Waals surface area contributed by atoms with Gasteiger partial charge in [0.2, 0.25) is 0 Å². The Morgan fingerprint density at radius 3 is 2.78 bits per heavy atom. The lowest BCUT2D eigenvalue weighted by atomic mass is 10.1. The van der Waals surface area contributed by atoms with Crippen LogP contribution in [0.15, 0.2) is 24.3 Å². The van der Waals surface area contributed by atoms with Gasteiger partial charge in [-0.3, -0.25) is 4.90 Å². The van der Waals surface area contributed by atoms with E-state index in [9.17, 15) is 5.11 Å². The van der Waals surface area contributed by atoms with Crippen LogP contribution in [0.4, 0.5) is 0 Å². The summed E-state index contributed by atoms with van der Waals surface area (Å²) in [5, 5.41) is 10.5. The van der Waals surface area contributed by atoms with Crippen LogP contribution in [-0.4, -0.2) is 54.2 Å². The van der Waals surface area contributed by atoms with Gasteiger partial charge in [-0.15, -0.1) is 0 Å². The number of aliphatic hydroxyl groups is 1. The molecule has 1 N–H and O–H groups in total. The summed E-state index contributed by atoms with van der Waals surface area (Å²) in [5.74, 6) is 0. The Balaban J connectivity index is 1.75. The van der Waals surface area contributed by atoms with Gasteiger partial charge < -0.3 is 10.0 Å². The summed E-state index contributed by atoms with van der Waals surface area (Å²) in [7, 11) is 2.18. The Labute approximate surface area is 109 Å². The van der Waals surface area contributed by atoms with Gasteiger partial charge in [0.1, 0.15) is 0 Å². The van der Waals surface area contributed by atoms with Crippen LogP contribution in [0, 0.1) is 0 Å². The predicted octanol–water partition coefficient (Wildman–Crippen LogP) is 1.28. The van der Waals surface area contributed by atoms with E-state index in [2.05, 4.69) is 35.0 Å². The fourth-order valence-corrected chi connectivity index (χ4v) is 3.28. The molecule has 0 radical (unpaired) electrons. The molecule has 1 aliphatic heterocycles. The summed E-state index contributed by atoms with van der Waals surface area (Å²) in [6, 6.07) is 8.62. The summed E-state index contributed by atoms with van der Waals surface area (Å²) < 4.78 is 0. The summed E-state index contributed by atoms with van der Waals surface area (Å²) in [6.45, 7) is 4.47. The van der Waals surface area contributed by atoms with Gasteiger partial charge in [0.25, 0.3) is 0 Å². The predicted molar refractivity (Wildman–Crippen MR) is 72.6 cm³/mol. The van der Waals surface area contributed by atoms with Crippen molar-refractivity contribution >= 4 is 0 Å². The molecule has 1 aliphatic carbocycles. The molecule has 1 saturated heterocycles. The van der Waals surface area contributed by atoms with Crippen LogP contribution in [0.5, 0.6) is 0 Å². The number of nitrogens with zero attached hydrogens (tertiary/aromatic N) is 2. The molecule has 3 nitrogen and oxygen atoms in total. The zero-order valence-corrected chi connectivity index (χ0v) is 11.0. The molecule has 2 aliphatic rings. The molecule has 3 rings (SSSR count). The highest BCUT2D eigenvalue weighted by atomic mass is 16.3. The van der Waals surface area contributed by atoms with Crippen molar-refractivity contribution in [3.05, 3.63) is 35.4 Å². The smallest absolute Gasteiger partial charge is 0.0951 e. The minimum Gasteiger partial charge on any atom is -0.387 e. The first kappa shape index (κ1) is 12.2. The van der Waals surface area contributed by atoms with Crippen LogP contribution in [0.1, 0.15) is 23.7 Å². The fraction of sp³-hybridized carbons (Fsp3) is 0.600. The Hall–Kier alpha value is -0.900. The van der Waals surface area contributed by atoms with Crippen LogP contribution in [0.3, 0.4) is 0 Å². The Kier molecular flexibility index (Phi) is 3.37. The molecule has 0 aromatic heterocycles. The van der Waals surface area contributed by atoms with Crippen molar-refractivity contribution in [1.82, 2.24) is 9.80 Å². The van der Waals surface area contributed by atoms with Crippen LogP contribution in [0.2, 0.25) is 0 Å².